The van der Waals surface area contributed by atoms with Crippen molar-refractivity contribution in [3.8, 4) is 11.1 Å². The first-order valence-corrected chi connectivity index (χ1v) is 14.9. The molecule has 40 heavy (non-hydrogen) atoms. The quantitative estimate of drug-likeness (QED) is 0.240. The van der Waals surface area contributed by atoms with Gasteiger partial charge in [0.15, 0.2) is 11.6 Å². The highest BCUT2D eigenvalue weighted by Gasteiger charge is 2.41. The van der Waals surface area contributed by atoms with E-state index in [4.69, 9.17) is 0 Å². The topological polar surface area (TPSA) is 67.3 Å². The van der Waals surface area contributed by atoms with E-state index < -0.39 is 66.4 Å². The number of hydrogen-bond donors (Lipinski definition) is 0. The van der Waals surface area contributed by atoms with E-state index in [2.05, 4.69) is 4.98 Å². The van der Waals surface area contributed by atoms with Gasteiger partial charge in [0, 0.05) is 42.1 Å². The standard InChI is InChI=1S/C28H25F6N2O3P/c1-15-11-17(13-19(37)12-16-6-7-18(14-22(16)29)28(32,33)34)27(38)36(15)23-9-8-20(24(30)25(23)31)21-5-4-10-35-26(21)40(2,3)39/h4-10,14-15,17H,11-13H2,1-3H3/t15?,17-/m0/s1. The van der Waals surface area contributed by atoms with Crippen LogP contribution in [0.15, 0.2) is 48.7 Å². The fourth-order valence-corrected chi connectivity index (χ4v) is 6.07. The van der Waals surface area contributed by atoms with Crippen molar-refractivity contribution in [3.05, 3.63) is 77.2 Å². The summed E-state index contributed by atoms with van der Waals surface area (Å²) >= 11 is 0. The molecule has 1 amide bonds. The van der Waals surface area contributed by atoms with E-state index in [-0.39, 0.29) is 40.7 Å². The first-order chi connectivity index (χ1) is 18.6. The first-order valence-electron chi connectivity index (χ1n) is 12.3. The van der Waals surface area contributed by atoms with Crippen LogP contribution in [-0.2, 0) is 26.8 Å². The Balaban J connectivity index is 1.54. The number of ketones is 1. The molecule has 1 aliphatic rings. The smallest absolute Gasteiger partial charge is 0.318 e. The van der Waals surface area contributed by atoms with E-state index in [0.29, 0.717) is 12.1 Å². The van der Waals surface area contributed by atoms with Gasteiger partial charge in [-0.15, -0.1) is 0 Å². The third kappa shape index (κ3) is 5.84. The lowest BCUT2D eigenvalue weighted by Gasteiger charge is -2.23. The molecular formula is C28H25F6N2O3P. The number of rotatable bonds is 7. The molecule has 5 nitrogen and oxygen atoms in total. The van der Waals surface area contributed by atoms with E-state index in [1.54, 1.807) is 6.92 Å². The van der Waals surface area contributed by atoms with Crippen LogP contribution in [0.25, 0.3) is 11.1 Å². The highest BCUT2D eigenvalue weighted by atomic mass is 31.2. The lowest BCUT2D eigenvalue weighted by atomic mass is 9.95. The highest BCUT2D eigenvalue weighted by molar-refractivity contribution is 7.70. The molecule has 1 aliphatic heterocycles. The molecule has 2 aromatic carbocycles. The van der Waals surface area contributed by atoms with Gasteiger partial charge in [-0.2, -0.15) is 13.2 Å². The van der Waals surface area contributed by atoms with Gasteiger partial charge in [0.25, 0.3) is 0 Å². The number of nitrogens with zero attached hydrogens (tertiary/aromatic N) is 2. The number of alkyl halides is 3. The summed E-state index contributed by atoms with van der Waals surface area (Å²) in [5.41, 5.74) is -1.62. The Morgan fingerprint density at radius 3 is 2.38 bits per heavy atom. The van der Waals surface area contributed by atoms with E-state index in [1.807, 2.05) is 0 Å². The molecule has 1 aromatic heterocycles. The molecule has 2 atom stereocenters. The van der Waals surface area contributed by atoms with Crippen LogP contribution in [-0.4, -0.2) is 36.0 Å². The zero-order valence-corrected chi connectivity index (χ0v) is 22.6. The molecule has 0 spiro atoms. The van der Waals surface area contributed by atoms with Gasteiger partial charge in [-0.25, -0.2) is 13.2 Å². The molecule has 1 fully saturated rings. The molecule has 1 saturated heterocycles. The molecule has 0 N–H and O–H groups in total. The minimum atomic E-state index is -4.74. The van der Waals surface area contributed by atoms with Crippen LogP contribution in [0.4, 0.5) is 32.0 Å². The summed E-state index contributed by atoms with van der Waals surface area (Å²) in [7, 11) is -2.94. The molecular weight excluding hydrogens is 557 g/mol. The predicted molar refractivity (Wildman–Crippen MR) is 138 cm³/mol. The number of benzene rings is 2. The van der Waals surface area contributed by atoms with E-state index in [1.165, 1.54) is 43.8 Å². The van der Waals surface area contributed by atoms with Crippen molar-refractivity contribution < 1.29 is 40.5 Å². The summed E-state index contributed by atoms with van der Waals surface area (Å²) < 4.78 is 95.9. The van der Waals surface area contributed by atoms with Crippen LogP contribution in [0.5, 0.6) is 0 Å². The fraction of sp³-hybridized carbons (Fsp3) is 0.321. The normalized spacial score (nSPS) is 17.9. The van der Waals surface area contributed by atoms with Crippen molar-refractivity contribution >= 4 is 30.0 Å². The van der Waals surface area contributed by atoms with Crippen LogP contribution in [0.2, 0.25) is 0 Å². The van der Waals surface area contributed by atoms with Crippen molar-refractivity contribution in [1.29, 1.82) is 0 Å². The second-order valence-electron chi connectivity index (χ2n) is 10.2. The Bertz CT molecular complexity index is 1530. The average Bonchev–Trinajstić information content (AvgIpc) is 3.13. The Kier molecular flexibility index (Phi) is 8.00. The van der Waals surface area contributed by atoms with Gasteiger partial charge in [-0.1, -0.05) is 12.1 Å². The molecule has 2 heterocycles. The number of Topliss-reactive ketones (excluding diaryl/α,β-unsaturated/α-hetero) is 1. The molecule has 12 heteroatoms. The summed E-state index contributed by atoms with van der Waals surface area (Å²) in [5, 5.41) is 0. The maximum absolute atomic E-state index is 15.4. The van der Waals surface area contributed by atoms with Crippen LogP contribution in [0, 0.1) is 23.4 Å². The highest BCUT2D eigenvalue weighted by Crippen LogP contribution is 2.41. The molecule has 1 unspecified atom stereocenters. The zero-order chi connectivity index (χ0) is 29.6. The Morgan fingerprint density at radius 2 is 1.75 bits per heavy atom. The lowest BCUT2D eigenvalue weighted by Crippen LogP contribution is -2.33. The summed E-state index contributed by atoms with van der Waals surface area (Å²) in [4.78, 5) is 30.9. The maximum Gasteiger partial charge on any atom is 0.416 e. The van der Waals surface area contributed by atoms with E-state index in [0.717, 1.165) is 11.0 Å². The Labute approximate surface area is 226 Å². The molecule has 212 valence electrons. The zero-order valence-electron chi connectivity index (χ0n) is 21.7. The predicted octanol–water partition coefficient (Wildman–Crippen LogP) is 6.38. The number of amides is 1. The van der Waals surface area contributed by atoms with Gasteiger partial charge in [0.1, 0.15) is 24.2 Å². The Hall–Kier alpha value is -3.46. The molecule has 0 radical (unpaired) electrons. The van der Waals surface area contributed by atoms with E-state index in [9.17, 15) is 31.7 Å². The molecule has 3 aromatic rings. The number of carbonyl (C=O) groups excluding carboxylic acids is 2. The maximum atomic E-state index is 15.4. The summed E-state index contributed by atoms with van der Waals surface area (Å²) in [6.07, 6.45) is -4.07. The van der Waals surface area contributed by atoms with Gasteiger partial charge in [0.05, 0.1) is 11.3 Å². The van der Waals surface area contributed by atoms with Crippen molar-refractivity contribution in [3.63, 3.8) is 0 Å². The van der Waals surface area contributed by atoms with Crippen LogP contribution >= 0.6 is 7.14 Å². The van der Waals surface area contributed by atoms with E-state index >= 15 is 8.78 Å². The number of anilines is 1. The number of hydrogen-bond acceptors (Lipinski definition) is 4. The minimum Gasteiger partial charge on any atom is -0.318 e. The van der Waals surface area contributed by atoms with Gasteiger partial charge in [-0.3, -0.25) is 14.6 Å². The SMILES string of the molecule is CC1C[C@@H](CC(=O)Cc2ccc(C(F)(F)F)cc2F)C(=O)N1c1ccc(-c2cccnc2P(C)(C)=O)c(F)c1F. The third-order valence-corrected chi connectivity index (χ3v) is 8.18. The second-order valence-corrected chi connectivity index (χ2v) is 13.3. The number of aromatic nitrogens is 1. The fourth-order valence-electron chi connectivity index (χ4n) is 4.95. The number of carbonyl (C=O) groups is 2. The second kappa shape index (κ2) is 10.8. The molecule has 0 bridgehead atoms. The lowest BCUT2D eigenvalue weighted by molar-refractivity contribution is -0.137. The van der Waals surface area contributed by atoms with Crippen molar-refractivity contribution in [2.75, 3.05) is 18.2 Å². The van der Waals surface area contributed by atoms with Crippen molar-refractivity contribution in [2.45, 2.75) is 38.4 Å². The third-order valence-electron chi connectivity index (χ3n) is 6.80. The van der Waals surface area contributed by atoms with Crippen molar-refractivity contribution in [1.82, 2.24) is 4.98 Å². The summed E-state index contributed by atoms with van der Waals surface area (Å²) in [6, 6.07) is 6.74. The average molecular weight is 582 g/mol. The summed E-state index contributed by atoms with van der Waals surface area (Å²) in [5.74, 6) is -5.86. The first kappa shape index (κ1) is 29.5. The molecule has 0 aliphatic carbocycles. The van der Waals surface area contributed by atoms with Gasteiger partial charge >= 0.3 is 6.18 Å². The van der Waals surface area contributed by atoms with Crippen LogP contribution < -0.4 is 10.3 Å². The number of halogens is 6. The molecule has 4 rings (SSSR count). The van der Waals surface area contributed by atoms with Crippen LogP contribution in [0.3, 0.4) is 0 Å². The van der Waals surface area contributed by atoms with Gasteiger partial charge < -0.3 is 9.46 Å². The van der Waals surface area contributed by atoms with Crippen molar-refractivity contribution in [2.24, 2.45) is 5.92 Å². The van der Waals surface area contributed by atoms with Crippen LogP contribution in [0.1, 0.15) is 30.9 Å². The van der Waals surface area contributed by atoms with Gasteiger partial charge in [0.2, 0.25) is 5.91 Å². The monoisotopic (exact) mass is 582 g/mol. The molecule has 0 saturated carbocycles. The summed E-state index contributed by atoms with van der Waals surface area (Å²) in [6.45, 7) is 4.52. The minimum absolute atomic E-state index is 0.129. The number of pyridine rings is 1. The Morgan fingerprint density at radius 1 is 1.05 bits per heavy atom. The van der Waals surface area contributed by atoms with Gasteiger partial charge in [-0.05, 0) is 62.6 Å². The largest absolute Gasteiger partial charge is 0.416 e.